The van der Waals surface area contributed by atoms with Gasteiger partial charge in [-0.2, -0.15) is 0 Å². The number of amides is 2. The second-order valence-corrected chi connectivity index (χ2v) is 5.65. The van der Waals surface area contributed by atoms with E-state index in [1.54, 1.807) is 0 Å². The van der Waals surface area contributed by atoms with Crippen LogP contribution in [0, 0.1) is 10.1 Å². The standard InChI is InChI=1S/C14H12N2O8S/c1-23-10(18)6-15-13(19)9(25-14(15)20)5-7-3-4-8(17)12(24-2)11(7)16(21)22/h3-5,17H,6H2,1-2H3/b9-5-. The number of aromatic hydroxyl groups is 1. The molecular formula is C14H12N2O8S. The van der Waals surface area contributed by atoms with E-state index < -0.39 is 40.0 Å². The summed E-state index contributed by atoms with van der Waals surface area (Å²) in [6.45, 7) is -0.556. The number of carbonyl (C=O) groups is 3. The van der Waals surface area contributed by atoms with Gasteiger partial charge in [0.15, 0.2) is 5.75 Å². The van der Waals surface area contributed by atoms with Crippen LogP contribution in [0.4, 0.5) is 10.5 Å². The number of nitro benzene ring substituents is 1. The molecule has 1 aliphatic rings. The average molecular weight is 368 g/mol. The molecule has 0 saturated carbocycles. The first-order valence-corrected chi connectivity index (χ1v) is 7.48. The van der Waals surface area contributed by atoms with Crippen LogP contribution in [-0.4, -0.2) is 52.8 Å². The number of phenols is 1. The number of methoxy groups -OCH3 is 2. The number of hydrogen-bond acceptors (Lipinski definition) is 9. The van der Waals surface area contributed by atoms with E-state index in [-0.39, 0.29) is 16.2 Å². The SMILES string of the molecule is COC(=O)CN1C(=O)S/C(=C\c2ccc(O)c(OC)c2[N+](=O)[O-])C1=O. The van der Waals surface area contributed by atoms with Crippen LogP contribution in [0.25, 0.3) is 6.08 Å². The number of esters is 1. The summed E-state index contributed by atoms with van der Waals surface area (Å²) in [5.41, 5.74) is -0.592. The van der Waals surface area contributed by atoms with Crippen LogP contribution in [0.1, 0.15) is 5.56 Å². The molecular weight excluding hydrogens is 356 g/mol. The van der Waals surface area contributed by atoms with Crippen molar-refractivity contribution in [2.45, 2.75) is 0 Å². The zero-order valence-electron chi connectivity index (χ0n) is 13.0. The number of benzene rings is 1. The maximum absolute atomic E-state index is 12.2. The largest absolute Gasteiger partial charge is 0.504 e. The van der Waals surface area contributed by atoms with Gasteiger partial charge in [-0.3, -0.25) is 29.4 Å². The first kappa shape index (κ1) is 18.3. The third-order valence-electron chi connectivity index (χ3n) is 3.20. The van der Waals surface area contributed by atoms with E-state index in [0.717, 1.165) is 26.4 Å². The van der Waals surface area contributed by atoms with Gasteiger partial charge in [0.05, 0.1) is 29.6 Å². The lowest BCUT2D eigenvalue weighted by atomic mass is 10.1. The highest BCUT2D eigenvalue weighted by Crippen LogP contribution is 2.41. The summed E-state index contributed by atoms with van der Waals surface area (Å²) in [6.07, 6.45) is 1.13. The van der Waals surface area contributed by atoms with Crippen molar-refractivity contribution in [1.29, 1.82) is 0 Å². The maximum Gasteiger partial charge on any atom is 0.325 e. The summed E-state index contributed by atoms with van der Waals surface area (Å²) in [5.74, 6) is -2.36. The number of ether oxygens (including phenoxy) is 2. The topological polar surface area (TPSA) is 136 Å². The first-order chi connectivity index (χ1) is 11.8. The third kappa shape index (κ3) is 3.55. The molecule has 0 spiro atoms. The number of imide groups is 1. The van der Waals surface area contributed by atoms with Crippen LogP contribution in [0.3, 0.4) is 0 Å². The number of nitrogens with zero attached hydrogens (tertiary/aromatic N) is 2. The number of hydrogen-bond donors (Lipinski definition) is 1. The fraction of sp³-hybridized carbons (Fsp3) is 0.214. The molecule has 1 aromatic rings. The smallest absolute Gasteiger partial charge is 0.325 e. The number of rotatable bonds is 5. The molecule has 2 amide bonds. The van der Waals surface area contributed by atoms with Crippen molar-refractivity contribution in [3.8, 4) is 11.5 Å². The lowest BCUT2D eigenvalue weighted by Crippen LogP contribution is -2.34. The summed E-state index contributed by atoms with van der Waals surface area (Å²) in [5, 5.41) is 20.2. The molecule has 2 rings (SSSR count). The molecule has 0 aliphatic carbocycles. The average Bonchev–Trinajstić information content (AvgIpc) is 2.83. The van der Waals surface area contributed by atoms with Crippen molar-refractivity contribution in [1.82, 2.24) is 4.90 Å². The molecule has 1 aliphatic heterocycles. The van der Waals surface area contributed by atoms with Crippen molar-refractivity contribution in [3.05, 3.63) is 32.7 Å². The van der Waals surface area contributed by atoms with Crippen LogP contribution < -0.4 is 4.74 Å². The Kier molecular flexibility index (Phi) is 5.27. The summed E-state index contributed by atoms with van der Waals surface area (Å²) < 4.78 is 9.24. The van der Waals surface area contributed by atoms with Crippen molar-refractivity contribution < 1.29 is 33.9 Å². The lowest BCUT2D eigenvalue weighted by Gasteiger charge is -2.10. The second-order valence-electron chi connectivity index (χ2n) is 4.66. The Bertz CT molecular complexity index is 804. The van der Waals surface area contributed by atoms with E-state index in [0.29, 0.717) is 16.7 Å². The third-order valence-corrected chi connectivity index (χ3v) is 4.11. The fourth-order valence-electron chi connectivity index (χ4n) is 2.05. The molecule has 10 nitrogen and oxygen atoms in total. The van der Waals surface area contributed by atoms with Gasteiger partial charge in [-0.15, -0.1) is 0 Å². The Morgan fingerprint density at radius 1 is 1.40 bits per heavy atom. The Balaban J connectivity index is 2.45. The Morgan fingerprint density at radius 3 is 2.64 bits per heavy atom. The van der Waals surface area contributed by atoms with E-state index >= 15 is 0 Å². The van der Waals surface area contributed by atoms with Crippen LogP contribution in [0.2, 0.25) is 0 Å². The zero-order valence-corrected chi connectivity index (χ0v) is 13.9. The van der Waals surface area contributed by atoms with Gasteiger partial charge < -0.3 is 14.6 Å². The number of phenolic OH excluding ortho intramolecular Hbond substituents is 1. The molecule has 0 radical (unpaired) electrons. The molecule has 25 heavy (non-hydrogen) atoms. The predicted octanol–water partition coefficient (Wildman–Crippen LogP) is 1.52. The Morgan fingerprint density at radius 2 is 2.08 bits per heavy atom. The van der Waals surface area contributed by atoms with Crippen molar-refractivity contribution in [3.63, 3.8) is 0 Å². The van der Waals surface area contributed by atoms with Gasteiger partial charge >= 0.3 is 11.7 Å². The molecule has 1 saturated heterocycles. The van der Waals surface area contributed by atoms with E-state index in [9.17, 15) is 29.6 Å². The molecule has 0 bridgehead atoms. The molecule has 132 valence electrons. The van der Waals surface area contributed by atoms with Crippen molar-refractivity contribution in [2.24, 2.45) is 0 Å². The van der Waals surface area contributed by atoms with Crippen LogP contribution in [-0.2, 0) is 14.3 Å². The quantitative estimate of drug-likeness (QED) is 0.355. The van der Waals surface area contributed by atoms with E-state index in [4.69, 9.17) is 4.74 Å². The summed E-state index contributed by atoms with van der Waals surface area (Å²) in [6, 6.07) is 2.38. The van der Waals surface area contributed by atoms with E-state index in [1.807, 2.05) is 0 Å². The maximum atomic E-state index is 12.2. The highest BCUT2D eigenvalue weighted by molar-refractivity contribution is 8.18. The zero-order chi connectivity index (χ0) is 18.7. The molecule has 0 unspecified atom stereocenters. The lowest BCUT2D eigenvalue weighted by molar-refractivity contribution is -0.386. The van der Waals surface area contributed by atoms with Crippen LogP contribution in [0.15, 0.2) is 17.0 Å². The van der Waals surface area contributed by atoms with Crippen molar-refractivity contribution in [2.75, 3.05) is 20.8 Å². The second kappa shape index (κ2) is 7.21. The molecule has 11 heteroatoms. The molecule has 0 aromatic heterocycles. The number of carbonyl (C=O) groups excluding carboxylic acids is 3. The minimum Gasteiger partial charge on any atom is -0.504 e. The first-order valence-electron chi connectivity index (χ1n) is 6.66. The van der Waals surface area contributed by atoms with Crippen molar-refractivity contribution >= 4 is 40.6 Å². The van der Waals surface area contributed by atoms with Gasteiger partial charge in [0.2, 0.25) is 5.75 Å². The predicted molar refractivity (Wildman–Crippen MR) is 86.0 cm³/mol. The van der Waals surface area contributed by atoms with Gasteiger partial charge in [0, 0.05) is 0 Å². The molecule has 1 N–H and O–H groups in total. The van der Waals surface area contributed by atoms with Crippen LogP contribution in [0.5, 0.6) is 11.5 Å². The number of nitro groups is 1. The molecule has 1 aromatic carbocycles. The normalized spacial score (nSPS) is 15.6. The highest BCUT2D eigenvalue weighted by Gasteiger charge is 2.37. The van der Waals surface area contributed by atoms with E-state index in [2.05, 4.69) is 4.74 Å². The Labute approximate surface area is 145 Å². The van der Waals surface area contributed by atoms with Gasteiger partial charge in [0.1, 0.15) is 6.54 Å². The Hall–Kier alpha value is -3.08. The van der Waals surface area contributed by atoms with E-state index in [1.165, 1.54) is 6.07 Å². The molecule has 0 atom stereocenters. The monoisotopic (exact) mass is 368 g/mol. The van der Waals surface area contributed by atoms with Gasteiger partial charge in [0.25, 0.3) is 11.1 Å². The van der Waals surface area contributed by atoms with Gasteiger partial charge in [-0.05, 0) is 30.0 Å². The highest BCUT2D eigenvalue weighted by atomic mass is 32.2. The molecule has 1 fully saturated rings. The number of thioether (sulfide) groups is 1. The van der Waals surface area contributed by atoms with Gasteiger partial charge in [-0.25, -0.2) is 0 Å². The van der Waals surface area contributed by atoms with Crippen LogP contribution >= 0.6 is 11.8 Å². The van der Waals surface area contributed by atoms with Gasteiger partial charge in [-0.1, -0.05) is 0 Å². The minimum atomic E-state index is -0.777. The summed E-state index contributed by atoms with van der Waals surface area (Å²) >= 11 is 0.532. The summed E-state index contributed by atoms with van der Waals surface area (Å²) in [7, 11) is 2.26. The molecule has 1 heterocycles. The summed E-state index contributed by atoms with van der Waals surface area (Å²) in [4.78, 5) is 46.4. The fourth-order valence-corrected chi connectivity index (χ4v) is 2.88. The minimum absolute atomic E-state index is 0.0387.